The Morgan fingerprint density at radius 1 is 1.55 bits per heavy atom. The summed E-state index contributed by atoms with van der Waals surface area (Å²) in [6.45, 7) is 3.76. The van der Waals surface area contributed by atoms with Crippen LogP contribution in [0.3, 0.4) is 0 Å². The highest BCUT2D eigenvalue weighted by atomic mass is 16.3. The van der Waals surface area contributed by atoms with Gasteiger partial charge in [0.1, 0.15) is 0 Å². The summed E-state index contributed by atoms with van der Waals surface area (Å²) >= 11 is 0. The maximum absolute atomic E-state index is 11.2. The molecule has 1 aromatic rings. The molecule has 0 atom stereocenters. The Morgan fingerprint density at radius 3 is 2.91 bits per heavy atom. The molecular formula is C8H9NO2. The molecule has 58 valence electrons. The number of nitrogens with one attached hydrogen (secondary N) is 1. The predicted octanol–water partition coefficient (Wildman–Crippen LogP) is 1.51. The van der Waals surface area contributed by atoms with Gasteiger partial charge in [-0.3, -0.25) is 10.1 Å². The van der Waals surface area contributed by atoms with Gasteiger partial charge in [-0.05, 0) is 19.9 Å². The highest BCUT2D eigenvalue weighted by Gasteiger charge is 2.40. The van der Waals surface area contributed by atoms with Gasteiger partial charge in [-0.2, -0.15) is 0 Å². The van der Waals surface area contributed by atoms with E-state index in [1.165, 1.54) is 0 Å². The highest BCUT2D eigenvalue weighted by molar-refractivity contribution is 6.04. The zero-order valence-corrected chi connectivity index (χ0v) is 6.47. The molecule has 2 heterocycles. The van der Waals surface area contributed by atoms with Crippen LogP contribution in [0, 0.1) is 0 Å². The second-order valence-electron chi connectivity index (χ2n) is 3.24. The van der Waals surface area contributed by atoms with E-state index >= 15 is 0 Å². The average Bonchev–Trinajstić information content (AvgIpc) is 2.41. The molecular weight excluding hydrogens is 142 g/mol. The third-order valence-corrected chi connectivity index (χ3v) is 2.13. The van der Waals surface area contributed by atoms with Gasteiger partial charge < -0.3 is 4.42 Å². The summed E-state index contributed by atoms with van der Waals surface area (Å²) in [6, 6.07) is 1.83. The van der Waals surface area contributed by atoms with Gasteiger partial charge >= 0.3 is 0 Å². The molecule has 0 unspecified atom stereocenters. The molecule has 0 bridgehead atoms. The van der Waals surface area contributed by atoms with Crippen molar-refractivity contribution in [3.05, 3.63) is 17.9 Å². The van der Waals surface area contributed by atoms with Crippen LogP contribution in [0.5, 0.6) is 0 Å². The molecule has 0 fully saturated rings. The van der Waals surface area contributed by atoms with Crippen molar-refractivity contribution in [2.24, 2.45) is 0 Å². The summed E-state index contributed by atoms with van der Waals surface area (Å²) in [7, 11) is 0. The van der Waals surface area contributed by atoms with Crippen molar-refractivity contribution in [3.8, 4) is 0 Å². The van der Waals surface area contributed by atoms with Crippen molar-refractivity contribution < 1.29 is 9.21 Å². The van der Waals surface area contributed by atoms with E-state index in [-0.39, 0.29) is 5.91 Å². The summed E-state index contributed by atoms with van der Waals surface area (Å²) < 4.78 is 5.05. The van der Waals surface area contributed by atoms with Gasteiger partial charge in [-0.1, -0.05) is 0 Å². The lowest BCUT2D eigenvalue weighted by atomic mass is 9.88. The van der Waals surface area contributed by atoms with Crippen molar-refractivity contribution in [2.45, 2.75) is 19.3 Å². The zero-order chi connectivity index (χ0) is 8.06. The number of amides is 1. The minimum atomic E-state index is -0.428. The highest BCUT2D eigenvalue weighted by Crippen LogP contribution is 2.37. The molecule has 1 N–H and O–H groups in total. The predicted molar refractivity (Wildman–Crippen MR) is 40.4 cm³/mol. The van der Waals surface area contributed by atoms with E-state index in [2.05, 4.69) is 5.32 Å². The smallest absolute Gasteiger partial charge is 0.236 e. The summed E-state index contributed by atoms with van der Waals surface area (Å²) in [5, 5.41) is 2.66. The fourth-order valence-electron chi connectivity index (χ4n) is 1.28. The van der Waals surface area contributed by atoms with E-state index in [9.17, 15) is 4.79 Å². The molecule has 0 saturated carbocycles. The molecule has 11 heavy (non-hydrogen) atoms. The Hall–Kier alpha value is -1.25. The Morgan fingerprint density at radius 2 is 2.27 bits per heavy atom. The number of rotatable bonds is 0. The maximum Gasteiger partial charge on any atom is 0.236 e. The number of carbonyl (C=O) groups is 1. The van der Waals surface area contributed by atoms with Crippen LogP contribution in [0.4, 0.5) is 5.88 Å². The minimum Gasteiger partial charge on any atom is -0.448 e. The number of fused-ring (bicyclic) bond motifs is 1. The van der Waals surface area contributed by atoms with Gasteiger partial charge in [0.2, 0.25) is 11.8 Å². The summed E-state index contributed by atoms with van der Waals surface area (Å²) in [4.78, 5) is 11.2. The van der Waals surface area contributed by atoms with E-state index in [1.807, 2.05) is 19.9 Å². The van der Waals surface area contributed by atoms with Crippen molar-refractivity contribution in [1.29, 1.82) is 0 Å². The number of hydrogen-bond acceptors (Lipinski definition) is 2. The average molecular weight is 151 g/mol. The molecule has 1 aliphatic heterocycles. The Balaban J connectivity index is 2.61. The van der Waals surface area contributed by atoms with Crippen LogP contribution in [0.15, 0.2) is 16.7 Å². The fraction of sp³-hybridized carbons (Fsp3) is 0.375. The summed E-state index contributed by atoms with van der Waals surface area (Å²) in [6.07, 6.45) is 1.59. The lowest BCUT2D eigenvalue weighted by Gasteiger charge is -2.12. The molecule has 0 radical (unpaired) electrons. The third kappa shape index (κ3) is 0.651. The zero-order valence-electron chi connectivity index (χ0n) is 6.47. The summed E-state index contributed by atoms with van der Waals surface area (Å²) in [5.41, 5.74) is 0.519. The van der Waals surface area contributed by atoms with Crippen molar-refractivity contribution in [3.63, 3.8) is 0 Å². The molecule has 0 spiro atoms. The van der Waals surface area contributed by atoms with Crippen LogP contribution in [0.1, 0.15) is 19.4 Å². The molecule has 0 aliphatic carbocycles. The van der Waals surface area contributed by atoms with Crippen LogP contribution >= 0.6 is 0 Å². The lowest BCUT2D eigenvalue weighted by Crippen LogP contribution is -2.26. The first kappa shape index (κ1) is 6.46. The van der Waals surface area contributed by atoms with Crippen molar-refractivity contribution in [1.82, 2.24) is 0 Å². The molecule has 1 amide bonds. The molecule has 0 aromatic carbocycles. The molecule has 1 aromatic heterocycles. The summed E-state index contributed by atoms with van der Waals surface area (Å²) in [5.74, 6) is 0.604. The Bertz CT molecular complexity index is 312. The van der Waals surface area contributed by atoms with Crippen LogP contribution < -0.4 is 5.32 Å². The van der Waals surface area contributed by atoms with Gasteiger partial charge in [-0.15, -0.1) is 0 Å². The van der Waals surface area contributed by atoms with Crippen LogP contribution in [0.25, 0.3) is 0 Å². The van der Waals surface area contributed by atoms with E-state index in [0.29, 0.717) is 5.88 Å². The van der Waals surface area contributed by atoms with Crippen LogP contribution in [-0.2, 0) is 10.2 Å². The molecule has 3 heteroatoms. The Labute approximate surface area is 64.4 Å². The van der Waals surface area contributed by atoms with Crippen LogP contribution in [-0.4, -0.2) is 5.91 Å². The Kier molecular flexibility index (Phi) is 0.980. The monoisotopic (exact) mass is 151 g/mol. The molecule has 0 saturated heterocycles. The first-order chi connectivity index (χ1) is 5.12. The van der Waals surface area contributed by atoms with Gasteiger partial charge in [0.25, 0.3) is 0 Å². The molecule has 2 rings (SSSR count). The largest absolute Gasteiger partial charge is 0.448 e. The van der Waals surface area contributed by atoms with Gasteiger partial charge in [0, 0.05) is 5.56 Å². The SMILES string of the molecule is CC1(C)C(=O)Nc2occc21. The first-order valence-corrected chi connectivity index (χ1v) is 3.52. The number of anilines is 1. The van der Waals surface area contributed by atoms with Gasteiger partial charge in [0.05, 0.1) is 11.7 Å². The van der Waals surface area contributed by atoms with Crippen LogP contribution in [0.2, 0.25) is 0 Å². The van der Waals surface area contributed by atoms with E-state index in [4.69, 9.17) is 4.42 Å². The van der Waals surface area contributed by atoms with E-state index < -0.39 is 5.41 Å². The van der Waals surface area contributed by atoms with Crippen molar-refractivity contribution >= 4 is 11.8 Å². The number of furan rings is 1. The second kappa shape index (κ2) is 1.67. The minimum absolute atomic E-state index is 0.00634. The first-order valence-electron chi connectivity index (χ1n) is 3.52. The number of carbonyl (C=O) groups excluding carboxylic acids is 1. The molecule has 1 aliphatic rings. The standard InChI is InChI=1S/C8H9NO2/c1-8(2)5-3-4-11-6(5)9-7(8)10/h3-4H,1-2H3,(H,9,10). The van der Waals surface area contributed by atoms with E-state index in [0.717, 1.165) is 5.56 Å². The fourth-order valence-corrected chi connectivity index (χ4v) is 1.28. The quantitative estimate of drug-likeness (QED) is 0.610. The van der Waals surface area contributed by atoms with Gasteiger partial charge in [-0.25, -0.2) is 0 Å². The van der Waals surface area contributed by atoms with E-state index in [1.54, 1.807) is 6.26 Å². The topological polar surface area (TPSA) is 42.2 Å². The van der Waals surface area contributed by atoms with Crippen molar-refractivity contribution in [2.75, 3.05) is 5.32 Å². The lowest BCUT2D eigenvalue weighted by molar-refractivity contribution is -0.119. The van der Waals surface area contributed by atoms with Gasteiger partial charge in [0.15, 0.2) is 0 Å². The number of hydrogen-bond donors (Lipinski definition) is 1. The third-order valence-electron chi connectivity index (χ3n) is 2.13. The second-order valence-corrected chi connectivity index (χ2v) is 3.24. The molecule has 3 nitrogen and oxygen atoms in total. The normalized spacial score (nSPS) is 19.6. The maximum atomic E-state index is 11.2.